The second-order valence-electron chi connectivity index (χ2n) is 4.38. The molecule has 3 rings (SSSR count). The van der Waals surface area contributed by atoms with Crippen LogP contribution in [0.4, 0.5) is 5.13 Å². The van der Waals surface area contributed by atoms with Gasteiger partial charge in [-0.05, 0) is 18.2 Å². The number of hydrogen-bond acceptors (Lipinski definition) is 4. The minimum atomic E-state index is 0.677. The lowest BCUT2D eigenvalue weighted by Crippen LogP contribution is -2.43. The predicted molar refractivity (Wildman–Crippen MR) is 82.7 cm³/mol. The van der Waals surface area contributed by atoms with Crippen LogP contribution in [0.3, 0.4) is 0 Å². The summed E-state index contributed by atoms with van der Waals surface area (Å²) in [7, 11) is 0. The Morgan fingerprint density at radius 1 is 1.21 bits per heavy atom. The molecule has 0 spiro atoms. The van der Waals surface area contributed by atoms with Gasteiger partial charge in [-0.25, -0.2) is 4.98 Å². The summed E-state index contributed by atoms with van der Waals surface area (Å²) in [5.74, 6) is 0. The maximum Gasteiger partial charge on any atom is 0.185 e. The summed E-state index contributed by atoms with van der Waals surface area (Å²) in [5, 5.41) is 7.78. The van der Waals surface area contributed by atoms with Crippen LogP contribution in [0, 0.1) is 0 Å². The van der Waals surface area contributed by atoms with E-state index in [1.165, 1.54) is 0 Å². The van der Waals surface area contributed by atoms with Crippen LogP contribution in [0.25, 0.3) is 11.3 Å². The number of rotatable bonds is 2. The van der Waals surface area contributed by atoms with Gasteiger partial charge in [0.2, 0.25) is 0 Å². The molecule has 2 heterocycles. The Bertz CT molecular complexity index is 579. The van der Waals surface area contributed by atoms with Gasteiger partial charge in [0.05, 0.1) is 10.7 Å². The van der Waals surface area contributed by atoms with Crippen molar-refractivity contribution in [3.8, 4) is 11.3 Å². The Labute approximate surface area is 126 Å². The predicted octanol–water partition coefficient (Wildman–Crippen LogP) is 3.53. The fourth-order valence-electron chi connectivity index (χ4n) is 2.08. The first-order valence-corrected chi connectivity index (χ1v) is 7.74. The summed E-state index contributed by atoms with van der Waals surface area (Å²) in [6.45, 7) is 4.01. The average Bonchev–Trinajstić information content (AvgIpc) is 2.92. The summed E-state index contributed by atoms with van der Waals surface area (Å²) >= 11 is 13.9. The highest BCUT2D eigenvalue weighted by atomic mass is 35.5. The second kappa shape index (κ2) is 5.67. The lowest BCUT2D eigenvalue weighted by molar-refractivity contribution is 0.588. The van der Waals surface area contributed by atoms with E-state index in [-0.39, 0.29) is 0 Å². The molecule has 0 bridgehead atoms. The number of nitrogens with one attached hydrogen (secondary N) is 1. The number of benzene rings is 1. The van der Waals surface area contributed by atoms with Crippen molar-refractivity contribution in [3.05, 3.63) is 33.6 Å². The molecule has 0 unspecified atom stereocenters. The number of nitrogens with zero attached hydrogens (tertiary/aromatic N) is 2. The van der Waals surface area contributed by atoms with Crippen LogP contribution in [-0.2, 0) is 0 Å². The van der Waals surface area contributed by atoms with Crippen molar-refractivity contribution in [1.29, 1.82) is 0 Å². The van der Waals surface area contributed by atoms with Crippen molar-refractivity contribution in [3.63, 3.8) is 0 Å². The SMILES string of the molecule is Clc1ccc(Cl)c(-c2csc(N3CCNCC3)n2)c1. The van der Waals surface area contributed by atoms with Crippen molar-refractivity contribution >= 4 is 39.7 Å². The van der Waals surface area contributed by atoms with Gasteiger partial charge in [-0.3, -0.25) is 0 Å². The van der Waals surface area contributed by atoms with E-state index in [0.717, 1.165) is 42.6 Å². The first-order chi connectivity index (χ1) is 9.24. The maximum atomic E-state index is 6.21. The van der Waals surface area contributed by atoms with E-state index in [9.17, 15) is 0 Å². The van der Waals surface area contributed by atoms with Gasteiger partial charge < -0.3 is 10.2 Å². The number of piperazine rings is 1. The monoisotopic (exact) mass is 313 g/mol. The number of anilines is 1. The Balaban J connectivity index is 1.89. The molecule has 1 aliphatic rings. The van der Waals surface area contributed by atoms with Crippen LogP contribution in [0.5, 0.6) is 0 Å². The third kappa shape index (κ3) is 2.87. The van der Waals surface area contributed by atoms with E-state index in [0.29, 0.717) is 10.0 Å². The van der Waals surface area contributed by atoms with E-state index < -0.39 is 0 Å². The topological polar surface area (TPSA) is 28.2 Å². The third-order valence-corrected chi connectivity index (χ3v) is 4.55. The van der Waals surface area contributed by atoms with Gasteiger partial charge in [0.15, 0.2) is 5.13 Å². The van der Waals surface area contributed by atoms with Crippen molar-refractivity contribution in [2.75, 3.05) is 31.1 Å². The zero-order valence-electron chi connectivity index (χ0n) is 10.2. The molecule has 0 atom stereocenters. The van der Waals surface area contributed by atoms with Crippen molar-refractivity contribution in [1.82, 2.24) is 10.3 Å². The normalized spacial score (nSPS) is 15.8. The minimum Gasteiger partial charge on any atom is -0.346 e. The van der Waals surface area contributed by atoms with E-state index in [1.807, 2.05) is 17.5 Å². The van der Waals surface area contributed by atoms with Crippen LogP contribution in [0.1, 0.15) is 0 Å². The minimum absolute atomic E-state index is 0.677. The first-order valence-electron chi connectivity index (χ1n) is 6.10. The number of halogens is 2. The molecule has 1 fully saturated rings. The smallest absolute Gasteiger partial charge is 0.185 e. The molecule has 19 heavy (non-hydrogen) atoms. The third-order valence-electron chi connectivity index (χ3n) is 3.08. The maximum absolute atomic E-state index is 6.21. The van der Waals surface area contributed by atoms with Crippen molar-refractivity contribution < 1.29 is 0 Å². The van der Waals surface area contributed by atoms with Gasteiger partial charge in [0.1, 0.15) is 0 Å². The van der Waals surface area contributed by atoms with Gasteiger partial charge in [0, 0.05) is 42.1 Å². The summed E-state index contributed by atoms with van der Waals surface area (Å²) < 4.78 is 0. The van der Waals surface area contributed by atoms with Crippen LogP contribution >= 0.6 is 34.5 Å². The lowest BCUT2D eigenvalue weighted by Gasteiger charge is -2.26. The highest BCUT2D eigenvalue weighted by Crippen LogP contribution is 2.33. The molecule has 1 N–H and O–H groups in total. The summed E-state index contributed by atoms with van der Waals surface area (Å²) in [4.78, 5) is 6.97. The van der Waals surface area contributed by atoms with Crippen LogP contribution in [-0.4, -0.2) is 31.2 Å². The Morgan fingerprint density at radius 2 is 2.00 bits per heavy atom. The number of aromatic nitrogens is 1. The molecule has 0 amide bonds. The van der Waals surface area contributed by atoms with Crippen molar-refractivity contribution in [2.45, 2.75) is 0 Å². The molecule has 100 valence electrons. The number of hydrogen-bond donors (Lipinski definition) is 1. The molecule has 2 aromatic rings. The van der Waals surface area contributed by atoms with Crippen LogP contribution < -0.4 is 10.2 Å². The molecule has 6 heteroatoms. The van der Waals surface area contributed by atoms with E-state index in [4.69, 9.17) is 23.2 Å². The second-order valence-corrected chi connectivity index (χ2v) is 6.06. The zero-order chi connectivity index (χ0) is 13.2. The molecular weight excluding hydrogens is 301 g/mol. The summed E-state index contributed by atoms with van der Waals surface area (Å²) in [6, 6.07) is 5.46. The van der Waals surface area contributed by atoms with E-state index in [1.54, 1.807) is 17.4 Å². The Hall–Kier alpha value is -0.810. The van der Waals surface area contributed by atoms with Crippen LogP contribution in [0.15, 0.2) is 23.6 Å². The molecular formula is C13H13Cl2N3S. The van der Waals surface area contributed by atoms with Gasteiger partial charge >= 0.3 is 0 Å². The Morgan fingerprint density at radius 3 is 2.79 bits per heavy atom. The molecule has 1 aromatic carbocycles. The van der Waals surface area contributed by atoms with E-state index >= 15 is 0 Å². The molecule has 0 saturated carbocycles. The lowest BCUT2D eigenvalue weighted by atomic mass is 10.2. The Kier molecular flexibility index (Phi) is 3.93. The highest BCUT2D eigenvalue weighted by Gasteiger charge is 2.15. The van der Waals surface area contributed by atoms with E-state index in [2.05, 4.69) is 15.2 Å². The fraction of sp³-hybridized carbons (Fsp3) is 0.308. The molecule has 1 aliphatic heterocycles. The van der Waals surface area contributed by atoms with Gasteiger partial charge in [-0.15, -0.1) is 11.3 Å². The zero-order valence-corrected chi connectivity index (χ0v) is 12.5. The molecule has 1 aromatic heterocycles. The van der Waals surface area contributed by atoms with Gasteiger partial charge in [-0.2, -0.15) is 0 Å². The first kappa shape index (κ1) is 13.2. The van der Waals surface area contributed by atoms with Gasteiger partial charge in [0.25, 0.3) is 0 Å². The summed E-state index contributed by atoms with van der Waals surface area (Å²) in [6.07, 6.45) is 0. The molecule has 0 radical (unpaired) electrons. The average molecular weight is 314 g/mol. The largest absolute Gasteiger partial charge is 0.346 e. The quantitative estimate of drug-likeness (QED) is 0.919. The standard InChI is InChI=1S/C13H13Cl2N3S/c14-9-1-2-11(15)10(7-9)12-8-19-13(17-12)18-5-3-16-4-6-18/h1-2,7-8,16H,3-6H2. The number of thiazole rings is 1. The fourth-order valence-corrected chi connectivity index (χ4v) is 3.35. The highest BCUT2D eigenvalue weighted by molar-refractivity contribution is 7.14. The van der Waals surface area contributed by atoms with Gasteiger partial charge in [-0.1, -0.05) is 23.2 Å². The summed E-state index contributed by atoms with van der Waals surface area (Å²) in [5.41, 5.74) is 1.79. The van der Waals surface area contributed by atoms with Crippen molar-refractivity contribution in [2.24, 2.45) is 0 Å². The molecule has 0 aliphatic carbocycles. The molecule has 1 saturated heterocycles. The van der Waals surface area contributed by atoms with Crippen LogP contribution in [0.2, 0.25) is 10.0 Å². The molecule has 3 nitrogen and oxygen atoms in total.